The number of alkyl halides is 4. The van der Waals surface area contributed by atoms with Gasteiger partial charge in [-0.2, -0.15) is 8.78 Å². The Morgan fingerprint density at radius 2 is 1.90 bits per heavy atom. The Morgan fingerprint density at radius 1 is 1.19 bits per heavy atom. The van der Waals surface area contributed by atoms with E-state index in [2.05, 4.69) is 9.73 Å². The summed E-state index contributed by atoms with van der Waals surface area (Å²) in [6.45, 7) is -5.30. The van der Waals surface area contributed by atoms with Gasteiger partial charge < -0.3 is 15.2 Å². The van der Waals surface area contributed by atoms with Crippen LogP contribution in [0.4, 0.5) is 17.6 Å². The minimum atomic E-state index is -2.98. The standard InChI is InChI=1S/C21H19F4N3O3/c1-28-17(29)21(27-19(28)26)9-20(10-22,11-23)31-16-6-5-13(8-15(16)21)12-3-2-4-14(7-12)30-18(24)25/h2-8,18H,9-11H2,1H3,(H2,26,27). The number of hydrogen-bond acceptors (Lipinski definition) is 5. The first-order valence-electron chi connectivity index (χ1n) is 9.38. The highest BCUT2D eigenvalue weighted by Crippen LogP contribution is 2.50. The number of guanidine groups is 1. The molecule has 6 nitrogen and oxygen atoms in total. The summed E-state index contributed by atoms with van der Waals surface area (Å²) >= 11 is 0. The molecule has 0 aliphatic carbocycles. The number of amides is 1. The third kappa shape index (κ3) is 3.35. The van der Waals surface area contributed by atoms with E-state index in [4.69, 9.17) is 10.5 Å². The molecular weight excluding hydrogens is 418 g/mol. The molecule has 1 atom stereocenters. The Balaban J connectivity index is 1.86. The highest BCUT2D eigenvalue weighted by atomic mass is 19.3. The molecule has 4 rings (SSSR count). The molecule has 31 heavy (non-hydrogen) atoms. The van der Waals surface area contributed by atoms with Crippen LogP contribution in [0.2, 0.25) is 0 Å². The molecule has 2 aliphatic heterocycles. The maximum Gasteiger partial charge on any atom is 0.387 e. The van der Waals surface area contributed by atoms with Gasteiger partial charge in [0.2, 0.25) is 0 Å². The van der Waals surface area contributed by atoms with Crippen LogP contribution in [0.5, 0.6) is 11.5 Å². The number of aliphatic imine (C=N–C) groups is 1. The number of halogens is 4. The van der Waals surface area contributed by atoms with E-state index < -0.39 is 37.0 Å². The summed E-state index contributed by atoms with van der Waals surface area (Å²) < 4.78 is 62.9. The predicted molar refractivity (Wildman–Crippen MR) is 105 cm³/mol. The summed E-state index contributed by atoms with van der Waals surface area (Å²) in [5, 5.41) is 0. The maximum atomic E-state index is 13.8. The van der Waals surface area contributed by atoms with Crippen molar-refractivity contribution in [1.29, 1.82) is 0 Å². The number of nitrogens with two attached hydrogens (primary N) is 1. The number of ether oxygens (including phenoxy) is 2. The van der Waals surface area contributed by atoms with Crippen LogP contribution >= 0.6 is 0 Å². The van der Waals surface area contributed by atoms with Crippen molar-refractivity contribution in [1.82, 2.24) is 4.90 Å². The zero-order chi connectivity index (χ0) is 22.4. The average Bonchev–Trinajstić information content (AvgIpc) is 2.97. The maximum absolute atomic E-state index is 13.8. The highest BCUT2D eigenvalue weighted by Gasteiger charge is 2.58. The number of benzene rings is 2. The Hall–Kier alpha value is -3.30. The largest absolute Gasteiger partial charge is 0.481 e. The minimum absolute atomic E-state index is 0.0380. The van der Waals surface area contributed by atoms with Crippen LogP contribution in [-0.4, -0.2) is 49.4 Å². The molecule has 2 heterocycles. The van der Waals surface area contributed by atoms with Gasteiger partial charge in [0.1, 0.15) is 24.8 Å². The van der Waals surface area contributed by atoms with E-state index in [1.165, 1.54) is 25.2 Å². The number of fused-ring (bicyclic) bond motifs is 2. The molecule has 0 aromatic heterocycles. The van der Waals surface area contributed by atoms with E-state index in [0.717, 1.165) is 4.90 Å². The molecule has 0 fully saturated rings. The Bertz CT molecular complexity index is 1060. The monoisotopic (exact) mass is 437 g/mol. The van der Waals surface area contributed by atoms with Crippen LogP contribution in [0.3, 0.4) is 0 Å². The molecule has 0 saturated heterocycles. The van der Waals surface area contributed by atoms with Crippen LogP contribution in [0.25, 0.3) is 11.1 Å². The topological polar surface area (TPSA) is 77.2 Å². The molecule has 0 radical (unpaired) electrons. The van der Waals surface area contributed by atoms with Gasteiger partial charge in [-0.25, -0.2) is 13.8 Å². The van der Waals surface area contributed by atoms with Crippen LogP contribution in [-0.2, 0) is 10.3 Å². The second-order valence-corrected chi connectivity index (χ2v) is 7.54. The summed E-state index contributed by atoms with van der Waals surface area (Å²) in [5.41, 5.74) is 3.70. The lowest BCUT2D eigenvalue weighted by Gasteiger charge is -2.42. The number of hydrogen-bond donors (Lipinski definition) is 1. The van der Waals surface area contributed by atoms with Crippen LogP contribution in [0.15, 0.2) is 47.5 Å². The Kier molecular flexibility index (Phi) is 5.03. The van der Waals surface area contributed by atoms with Gasteiger partial charge in [-0.05, 0) is 35.4 Å². The molecule has 0 saturated carbocycles. The van der Waals surface area contributed by atoms with Crippen molar-refractivity contribution in [3.8, 4) is 22.6 Å². The molecule has 2 aliphatic rings. The van der Waals surface area contributed by atoms with Gasteiger partial charge in [0.05, 0.1) is 0 Å². The highest BCUT2D eigenvalue weighted by molar-refractivity contribution is 6.07. The number of carbonyl (C=O) groups excluding carboxylic acids is 1. The fourth-order valence-electron chi connectivity index (χ4n) is 3.98. The summed E-state index contributed by atoms with van der Waals surface area (Å²) in [5.74, 6) is -0.551. The Morgan fingerprint density at radius 3 is 2.52 bits per heavy atom. The smallest absolute Gasteiger partial charge is 0.387 e. The van der Waals surface area contributed by atoms with Gasteiger partial charge in [-0.3, -0.25) is 9.69 Å². The van der Waals surface area contributed by atoms with Crippen molar-refractivity contribution in [3.63, 3.8) is 0 Å². The van der Waals surface area contributed by atoms with E-state index in [-0.39, 0.29) is 23.9 Å². The van der Waals surface area contributed by atoms with E-state index in [0.29, 0.717) is 16.7 Å². The fourth-order valence-corrected chi connectivity index (χ4v) is 3.98. The van der Waals surface area contributed by atoms with E-state index in [1.807, 2.05) is 0 Å². The van der Waals surface area contributed by atoms with Crippen LogP contribution in [0, 0.1) is 0 Å². The van der Waals surface area contributed by atoms with Crippen molar-refractivity contribution in [2.75, 3.05) is 20.4 Å². The first-order chi connectivity index (χ1) is 14.7. The lowest BCUT2D eigenvalue weighted by molar-refractivity contribution is -0.135. The van der Waals surface area contributed by atoms with Crippen molar-refractivity contribution in [2.45, 2.75) is 24.2 Å². The van der Waals surface area contributed by atoms with Gasteiger partial charge >= 0.3 is 6.61 Å². The molecule has 2 aromatic carbocycles. The molecule has 10 heteroatoms. The lowest BCUT2D eigenvalue weighted by Crippen LogP contribution is -2.54. The normalized spacial score (nSPS) is 21.8. The molecule has 2 N–H and O–H groups in total. The number of likely N-dealkylation sites (N-methyl/N-ethyl adjacent to an activating group) is 1. The SMILES string of the molecule is CN1C(=O)C2(CC(CF)(CF)Oc3ccc(-c4cccc(OC(F)F)c4)cc32)N=C1N. The predicted octanol–water partition coefficient (Wildman–Crippen LogP) is 3.40. The van der Waals surface area contributed by atoms with E-state index >= 15 is 0 Å². The molecule has 1 spiro atoms. The fraction of sp³-hybridized carbons (Fsp3) is 0.333. The van der Waals surface area contributed by atoms with E-state index in [1.54, 1.807) is 24.3 Å². The Labute approximate surface area is 175 Å². The first-order valence-corrected chi connectivity index (χ1v) is 9.38. The summed E-state index contributed by atoms with van der Waals surface area (Å²) in [6.07, 6.45) is -0.373. The number of rotatable bonds is 5. The third-order valence-corrected chi connectivity index (χ3v) is 5.52. The molecule has 0 bridgehead atoms. The second-order valence-electron chi connectivity index (χ2n) is 7.54. The zero-order valence-electron chi connectivity index (χ0n) is 16.4. The van der Waals surface area contributed by atoms with Crippen molar-refractivity contribution >= 4 is 11.9 Å². The van der Waals surface area contributed by atoms with Gasteiger partial charge in [0, 0.05) is 19.0 Å². The molecular formula is C21H19F4N3O3. The van der Waals surface area contributed by atoms with E-state index in [9.17, 15) is 22.4 Å². The lowest BCUT2D eigenvalue weighted by atomic mass is 9.76. The summed E-state index contributed by atoms with van der Waals surface area (Å²) in [6, 6.07) is 10.7. The minimum Gasteiger partial charge on any atom is -0.481 e. The first kappa shape index (κ1) is 21.0. The molecule has 2 aromatic rings. The van der Waals surface area contributed by atoms with Gasteiger partial charge in [-0.15, -0.1) is 0 Å². The van der Waals surface area contributed by atoms with Crippen molar-refractivity contribution in [2.24, 2.45) is 10.7 Å². The zero-order valence-corrected chi connectivity index (χ0v) is 16.4. The summed E-state index contributed by atoms with van der Waals surface area (Å²) in [4.78, 5) is 18.6. The van der Waals surface area contributed by atoms with Gasteiger partial charge in [0.15, 0.2) is 17.1 Å². The van der Waals surface area contributed by atoms with Gasteiger partial charge in [-0.1, -0.05) is 18.2 Å². The second kappa shape index (κ2) is 7.44. The molecule has 1 amide bonds. The quantitative estimate of drug-likeness (QED) is 0.728. The summed E-state index contributed by atoms with van der Waals surface area (Å²) in [7, 11) is 1.42. The third-order valence-electron chi connectivity index (χ3n) is 5.52. The van der Waals surface area contributed by atoms with Crippen LogP contribution < -0.4 is 15.2 Å². The van der Waals surface area contributed by atoms with Crippen molar-refractivity contribution in [3.05, 3.63) is 48.0 Å². The van der Waals surface area contributed by atoms with Crippen molar-refractivity contribution < 1.29 is 31.8 Å². The number of nitrogens with zero attached hydrogens (tertiary/aromatic N) is 2. The van der Waals surface area contributed by atoms with Gasteiger partial charge in [0.25, 0.3) is 5.91 Å². The average molecular weight is 437 g/mol. The number of carbonyl (C=O) groups is 1. The molecule has 164 valence electrons. The van der Waals surface area contributed by atoms with Crippen LogP contribution in [0.1, 0.15) is 12.0 Å². The molecule has 1 unspecified atom stereocenters.